The molecule has 0 aromatic heterocycles. The Morgan fingerprint density at radius 2 is 1.95 bits per heavy atom. The lowest BCUT2D eigenvalue weighted by Gasteiger charge is -2.26. The minimum atomic E-state index is -0.278. The Labute approximate surface area is 129 Å². The monoisotopic (exact) mass is 292 g/mol. The fourth-order valence-corrected chi connectivity index (χ4v) is 2.73. The van der Waals surface area contributed by atoms with Crippen molar-refractivity contribution < 1.29 is 9.84 Å². The van der Waals surface area contributed by atoms with Crippen LogP contribution in [-0.2, 0) is 6.42 Å². The maximum atomic E-state index is 9.62. The van der Waals surface area contributed by atoms with Crippen molar-refractivity contribution >= 4 is 0 Å². The van der Waals surface area contributed by atoms with E-state index in [1.807, 2.05) is 12.1 Å². The number of ether oxygens (including phenoxy) is 1. The number of allylic oxidation sites excluding steroid dienone is 1. The highest BCUT2D eigenvalue weighted by atomic mass is 16.5. The van der Waals surface area contributed by atoms with E-state index in [9.17, 15) is 10.4 Å². The van der Waals surface area contributed by atoms with Gasteiger partial charge >= 0.3 is 0 Å². The second-order valence-corrected chi connectivity index (χ2v) is 5.24. The molecule has 1 atom stereocenters. The van der Waals surface area contributed by atoms with Crippen LogP contribution in [0.25, 0.3) is 0 Å². The molecule has 2 aromatic carbocycles. The quantitative estimate of drug-likeness (QED) is 0.891. The summed E-state index contributed by atoms with van der Waals surface area (Å²) in [5.41, 5.74) is 9.32. The number of fused-ring (bicyclic) bond motifs is 1. The van der Waals surface area contributed by atoms with Gasteiger partial charge in [0, 0.05) is 11.6 Å². The number of benzene rings is 2. The highest BCUT2D eigenvalue weighted by molar-refractivity contribution is 5.57. The van der Waals surface area contributed by atoms with Crippen molar-refractivity contribution in [2.45, 2.75) is 19.3 Å². The number of hydrogen-bond donors (Lipinski definition) is 2. The minimum Gasteiger partial charge on any atom is -0.508 e. The molecule has 0 saturated heterocycles. The van der Waals surface area contributed by atoms with E-state index in [1.165, 1.54) is 11.6 Å². The van der Waals surface area contributed by atoms with Gasteiger partial charge in [-0.1, -0.05) is 37.3 Å². The zero-order valence-electron chi connectivity index (χ0n) is 12.2. The number of phenols is 1. The highest BCUT2D eigenvalue weighted by Gasteiger charge is 2.30. The van der Waals surface area contributed by atoms with Crippen LogP contribution in [0.1, 0.15) is 29.5 Å². The molecule has 4 heteroatoms. The fraction of sp³-hybridized carbons (Fsp3) is 0.167. The smallest absolute Gasteiger partial charge is 0.205 e. The van der Waals surface area contributed by atoms with E-state index in [2.05, 4.69) is 25.1 Å². The number of nitriles is 1. The topological polar surface area (TPSA) is 79.3 Å². The Hall–Kier alpha value is -2.93. The molecule has 2 aromatic rings. The van der Waals surface area contributed by atoms with Crippen LogP contribution in [0.2, 0.25) is 0 Å². The molecule has 1 aliphatic rings. The Kier molecular flexibility index (Phi) is 3.48. The van der Waals surface area contributed by atoms with E-state index < -0.39 is 0 Å². The first-order valence-corrected chi connectivity index (χ1v) is 7.13. The molecule has 110 valence electrons. The molecule has 3 rings (SSSR count). The third kappa shape index (κ3) is 2.27. The summed E-state index contributed by atoms with van der Waals surface area (Å²) in [6.07, 6.45) is 0.960. The molecule has 22 heavy (non-hydrogen) atoms. The van der Waals surface area contributed by atoms with Gasteiger partial charge in [-0.2, -0.15) is 5.26 Å². The number of nitrogens with two attached hydrogens (primary N) is 1. The molecule has 0 radical (unpaired) electrons. The van der Waals surface area contributed by atoms with Gasteiger partial charge in [-0.3, -0.25) is 0 Å². The predicted octanol–water partition coefficient (Wildman–Crippen LogP) is 3.17. The van der Waals surface area contributed by atoms with Crippen molar-refractivity contribution in [1.29, 1.82) is 5.26 Å². The van der Waals surface area contributed by atoms with Gasteiger partial charge in [0.15, 0.2) is 0 Å². The molecule has 0 fully saturated rings. The van der Waals surface area contributed by atoms with Gasteiger partial charge in [-0.15, -0.1) is 0 Å². The van der Waals surface area contributed by atoms with Crippen molar-refractivity contribution in [2.24, 2.45) is 5.73 Å². The lowest BCUT2D eigenvalue weighted by Crippen LogP contribution is -2.20. The molecule has 4 nitrogen and oxygen atoms in total. The van der Waals surface area contributed by atoms with Crippen LogP contribution >= 0.6 is 0 Å². The van der Waals surface area contributed by atoms with Gasteiger partial charge in [-0.25, -0.2) is 0 Å². The number of rotatable bonds is 2. The van der Waals surface area contributed by atoms with E-state index >= 15 is 0 Å². The molecule has 0 amide bonds. The van der Waals surface area contributed by atoms with Gasteiger partial charge in [0.1, 0.15) is 23.1 Å². The molecule has 0 aliphatic carbocycles. The van der Waals surface area contributed by atoms with Gasteiger partial charge in [0.25, 0.3) is 0 Å². The maximum Gasteiger partial charge on any atom is 0.205 e. The summed E-state index contributed by atoms with van der Waals surface area (Å²) in [6, 6.07) is 15.2. The van der Waals surface area contributed by atoms with Gasteiger partial charge in [-0.05, 0) is 23.6 Å². The number of nitrogens with zero attached hydrogens (tertiary/aromatic N) is 1. The summed E-state index contributed by atoms with van der Waals surface area (Å²) >= 11 is 0. The summed E-state index contributed by atoms with van der Waals surface area (Å²) < 4.78 is 5.49. The van der Waals surface area contributed by atoms with Crippen LogP contribution in [0.4, 0.5) is 0 Å². The van der Waals surface area contributed by atoms with Crippen LogP contribution in [0.5, 0.6) is 11.5 Å². The lowest BCUT2D eigenvalue weighted by atomic mass is 9.83. The maximum absolute atomic E-state index is 9.62. The fourth-order valence-electron chi connectivity index (χ4n) is 2.73. The normalized spacial score (nSPS) is 16.6. The van der Waals surface area contributed by atoms with Crippen molar-refractivity contribution in [2.75, 3.05) is 0 Å². The van der Waals surface area contributed by atoms with Crippen LogP contribution in [0, 0.1) is 11.3 Å². The zero-order chi connectivity index (χ0) is 15.7. The molecular formula is C18H16N2O2. The minimum absolute atomic E-state index is 0.0881. The van der Waals surface area contributed by atoms with E-state index in [0.717, 1.165) is 17.5 Å². The third-order valence-electron chi connectivity index (χ3n) is 3.92. The summed E-state index contributed by atoms with van der Waals surface area (Å²) in [4.78, 5) is 0. The van der Waals surface area contributed by atoms with E-state index in [-0.39, 0.29) is 17.6 Å². The Bertz CT molecular complexity index is 786. The second-order valence-electron chi connectivity index (χ2n) is 5.24. The van der Waals surface area contributed by atoms with Crippen molar-refractivity contribution in [3.63, 3.8) is 0 Å². The molecule has 3 N–H and O–H groups in total. The Morgan fingerprint density at radius 3 is 2.59 bits per heavy atom. The summed E-state index contributed by atoms with van der Waals surface area (Å²) in [5, 5.41) is 19.1. The second kappa shape index (κ2) is 5.45. The van der Waals surface area contributed by atoms with Gasteiger partial charge in [0.05, 0.1) is 5.92 Å². The van der Waals surface area contributed by atoms with Gasteiger partial charge < -0.3 is 15.6 Å². The predicted molar refractivity (Wildman–Crippen MR) is 83.2 cm³/mol. The average molecular weight is 292 g/mol. The third-order valence-corrected chi connectivity index (χ3v) is 3.92. The Balaban J connectivity index is 2.16. The number of hydrogen-bond acceptors (Lipinski definition) is 4. The van der Waals surface area contributed by atoms with Crippen LogP contribution in [0.15, 0.2) is 53.9 Å². The van der Waals surface area contributed by atoms with Crippen LogP contribution in [-0.4, -0.2) is 5.11 Å². The average Bonchev–Trinajstić information content (AvgIpc) is 2.53. The largest absolute Gasteiger partial charge is 0.508 e. The summed E-state index contributed by atoms with van der Waals surface area (Å²) in [7, 11) is 0. The zero-order valence-corrected chi connectivity index (χ0v) is 12.2. The molecule has 1 unspecified atom stereocenters. The lowest BCUT2D eigenvalue weighted by molar-refractivity contribution is 0.388. The van der Waals surface area contributed by atoms with Crippen molar-refractivity contribution in [3.05, 3.63) is 70.6 Å². The van der Waals surface area contributed by atoms with Crippen LogP contribution in [0.3, 0.4) is 0 Å². The molecule has 0 saturated carbocycles. The van der Waals surface area contributed by atoms with E-state index in [4.69, 9.17) is 10.5 Å². The van der Waals surface area contributed by atoms with Gasteiger partial charge in [0.2, 0.25) is 5.88 Å². The Morgan fingerprint density at radius 1 is 1.23 bits per heavy atom. The van der Waals surface area contributed by atoms with Crippen molar-refractivity contribution in [1.82, 2.24) is 0 Å². The number of aryl methyl sites for hydroxylation is 1. The molecule has 0 bridgehead atoms. The first-order chi connectivity index (χ1) is 10.6. The standard InChI is InChI=1S/C18H16N2O2/c1-2-11-3-5-12(6-4-11)17-14-8-7-13(21)9-16(14)22-18(20)15(17)10-19/h3-9,17,21H,2,20H2,1H3. The first kappa shape index (κ1) is 14.0. The molecular weight excluding hydrogens is 276 g/mol. The summed E-state index contributed by atoms with van der Waals surface area (Å²) in [5.74, 6) is 0.401. The SMILES string of the molecule is CCc1ccc(C2C(C#N)=C(N)Oc3cc(O)ccc32)cc1. The number of phenolic OH excluding ortho intramolecular Hbond substituents is 1. The van der Waals surface area contributed by atoms with Crippen LogP contribution < -0.4 is 10.5 Å². The van der Waals surface area contributed by atoms with E-state index in [0.29, 0.717) is 11.3 Å². The summed E-state index contributed by atoms with van der Waals surface area (Å²) in [6.45, 7) is 2.10. The van der Waals surface area contributed by atoms with Crippen molar-refractivity contribution in [3.8, 4) is 17.6 Å². The first-order valence-electron chi connectivity index (χ1n) is 7.13. The molecule has 1 aliphatic heterocycles. The number of aromatic hydroxyl groups is 1. The molecule has 1 heterocycles. The molecule has 0 spiro atoms. The van der Waals surface area contributed by atoms with E-state index in [1.54, 1.807) is 12.1 Å². The highest BCUT2D eigenvalue weighted by Crippen LogP contribution is 2.43.